The molecule has 2 aromatic rings. The van der Waals surface area contributed by atoms with Crippen molar-refractivity contribution in [3.8, 4) is 6.01 Å². The van der Waals surface area contributed by atoms with Gasteiger partial charge in [0.1, 0.15) is 6.61 Å². The Morgan fingerprint density at radius 1 is 1.21 bits per heavy atom. The number of urea groups is 1. The number of benzene rings is 1. The number of carbonyl (C=O) groups excluding carboxylic acids is 1. The molecule has 0 bridgehead atoms. The number of anilines is 2. The average Bonchev–Trinajstić information content (AvgIpc) is 2.59. The number of nitrogens with zero attached hydrogens (tertiary/aromatic N) is 4. The number of hydrogen-bond acceptors (Lipinski definition) is 7. The normalized spacial score (nSPS) is 10.1. The van der Waals surface area contributed by atoms with Crippen LogP contribution in [0.4, 0.5) is 16.4 Å². The van der Waals surface area contributed by atoms with Gasteiger partial charge in [-0.1, -0.05) is 30.0 Å². The van der Waals surface area contributed by atoms with E-state index in [9.17, 15) is 4.79 Å². The van der Waals surface area contributed by atoms with Gasteiger partial charge in [-0.3, -0.25) is 0 Å². The van der Waals surface area contributed by atoms with Crippen molar-refractivity contribution in [2.24, 2.45) is 0 Å². The fraction of sp³-hybridized carbons (Fsp3) is 0.333. The van der Waals surface area contributed by atoms with Crippen molar-refractivity contribution >= 4 is 29.4 Å². The van der Waals surface area contributed by atoms with Crippen LogP contribution in [0.3, 0.4) is 0 Å². The molecule has 24 heavy (non-hydrogen) atoms. The summed E-state index contributed by atoms with van der Waals surface area (Å²) < 4.78 is 5.50. The van der Waals surface area contributed by atoms with Crippen LogP contribution in [0.25, 0.3) is 0 Å². The van der Waals surface area contributed by atoms with Crippen LogP contribution < -0.4 is 20.3 Å². The Bertz CT molecular complexity index is 668. The topological polar surface area (TPSA) is 92.3 Å². The van der Waals surface area contributed by atoms with Crippen molar-refractivity contribution in [1.82, 2.24) is 20.3 Å². The Balaban J connectivity index is 1.79. The number of ether oxygens (including phenoxy) is 1. The quantitative estimate of drug-likeness (QED) is 0.583. The minimum atomic E-state index is -0.292. The van der Waals surface area contributed by atoms with E-state index in [0.717, 1.165) is 5.69 Å². The molecule has 0 spiro atoms. The average molecular weight is 348 g/mol. The molecule has 0 atom stereocenters. The molecule has 2 amide bonds. The van der Waals surface area contributed by atoms with Gasteiger partial charge in [-0.2, -0.15) is 15.0 Å². The Morgan fingerprint density at radius 2 is 1.96 bits per heavy atom. The van der Waals surface area contributed by atoms with Gasteiger partial charge in [-0.15, -0.1) is 0 Å². The lowest BCUT2D eigenvalue weighted by atomic mass is 10.3. The standard InChI is InChI=1S/C15H20N6O2S/c1-21(2)12-18-14(20-15(19-12)24-3)23-10-9-16-13(22)17-11-7-5-4-6-8-11/h4-8H,9-10H2,1-3H3,(H2,16,17,22). The molecule has 8 nitrogen and oxygen atoms in total. The van der Waals surface area contributed by atoms with Crippen LogP contribution in [0, 0.1) is 0 Å². The van der Waals surface area contributed by atoms with E-state index in [2.05, 4.69) is 25.6 Å². The first-order valence-corrected chi connectivity index (χ1v) is 8.51. The van der Waals surface area contributed by atoms with Crippen LogP contribution in [0.1, 0.15) is 0 Å². The number of hydrogen-bond donors (Lipinski definition) is 2. The van der Waals surface area contributed by atoms with Crippen molar-refractivity contribution < 1.29 is 9.53 Å². The Morgan fingerprint density at radius 3 is 2.62 bits per heavy atom. The van der Waals surface area contributed by atoms with Gasteiger partial charge in [-0.25, -0.2) is 4.79 Å². The van der Waals surface area contributed by atoms with Crippen LogP contribution in [0.2, 0.25) is 0 Å². The molecule has 1 heterocycles. The van der Waals surface area contributed by atoms with Crippen LogP contribution in [-0.2, 0) is 0 Å². The summed E-state index contributed by atoms with van der Waals surface area (Å²) in [4.78, 5) is 26.2. The minimum Gasteiger partial charge on any atom is -0.461 e. The Kier molecular flexibility index (Phi) is 6.62. The Labute approximate surface area is 145 Å². The molecule has 2 rings (SSSR count). The van der Waals surface area contributed by atoms with E-state index in [4.69, 9.17) is 4.74 Å². The number of para-hydroxylation sites is 1. The summed E-state index contributed by atoms with van der Waals surface area (Å²) in [5.74, 6) is 0.527. The second kappa shape index (κ2) is 8.92. The van der Waals surface area contributed by atoms with Crippen LogP contribution in [0.5, 0.6) is 6.01 Å². The molecule has 0 fully saturated rings. The zero-order valence-corrected chi connectivity index (χ0v) is 14.6. The number of thioether (sulfide) groups is 1. The number of nitrogens with one attached hydrogen (secondary N) is 2. The monoisotopic (exact) mass is 348 g/mol. The van der Waals surface area contributed by atoms with Crippen molar-refractivity contribution in [3.63, 3.8) is 0 Å². The maximum Gasteiger partial charge on any atom is 0.322 e. The number of rotatable bonds is 7. The molecule has 1 aromatic heterocycles. The van der Waals surface area contributed by atoms with Gasteiger partial charge in [0.2, 0.25) is 5.95 Å². The van der Waals surface area contributed by atoms with Gasteiger partial charge in [0, 0.05) is 19.8 Å². The molecule has 2 N–H and O–H groups in total. The van der Waals surface area contributed by atoms with E-state index in [0.29, 0.717) is 17.6 Å². The number of aromatic nitrogens is 3. The first-order valence-electron chi connectivity index (χ1n) is 7.28. The molecule has 0 aliphatic heterocycles. The van der Waals surface area contributed by atoms with Gasteiger partial charge in [-0.05, 0) is 18.4 Å². The molecule has 0 unspecified atom stereocenters. The molecule has 9 heteroatoms. The SMILES string of the molecule is CSc1nc(OCCNC(=O)Nc2ccccc2)nc(N(C)C)n1. The predicted octanol–water partition coefficient (Wildman–Crippen LogP) is 1.86. The van der Waals surface area contributed by atoms with Crippen molar-refractivity contribution in [1.29, 1.82) is 0 Å². The highest BCUT2D eigenvalue weighted by atomic mass is 32.2. The highest BCUT2D eigenvalue weighted by molar-refractivity contribution is 7.98. The van der Waals surface area contributed by atoms with Crippen LogP contribution in [-0.4, -0.2) is 54.5 Å². The van der Waals surface area contributed by atoms with Gasteiger partial charge in [0.25, 0.3) is 0 Å². The fourth-order valence-electron chi connectivity index (χ4n) is 1.69. The highest BCUT2D eigenvalue weighted by Crippen LogP contribution is 2.16. The lowest BCUT2D eigenvalue weighted by molar-refractivity contribution is 0.245. The van der Waals surface area contributed by atoms with E-state index >= 15 is 0 Å². The third kappa shape index (κ3) is 5.58. The van der Waals surface area contributed by atoms with Gasteiger partial charge in [0.15, 0.2) is 5.16 Å². The molecule has 0 saturated carbocycles. The Hall–Kier alpha value is -2.55. The van der Waals surface area contributed by atoms with Crippen molar-refractivity contribution in [2.75, 3.05) is 43.7 Å². The lowest BCUT2D eigenvalue weighted by Crippen LogP contribution is -2.32. The molecule has 128 valence electrons. The largest absolute Gasteiger partial charge is 0.461 e. The third-order valence-electron chi connectivity index (χ3n) is 2.82. The van der Waals surface area contributed by atoms with E-state index in [1.807, 2.05) is 50.7 Å². The zero-order chi connectivity index (χ0) is 17.4. The van der Waals surface area contributed by atoms with Gasteiger partial charge >= 0.3 is 12.0 Å². The molecule has 0 aliphatic rings. The van der Waals surface area contributed by atoms with E-state index in [1.165, 1.54) is 11.8 Å². The summed E-state index contributed by atoms with van der Waals surface area (Å²) >= 11 is 1.41. The summed E-state index contributed by atoms with van der Waals surface area (Å²) in [7, 11) is 3.69. The predicted molar refractivity (Wildman–Crippen MR) is 94.9 cm³/mol. The summed E-state index contributed by atoms with van der Waals surface area (Å²) in [6.07, 6.45) is 1.88. The third-order valence-corrected chi connectivity index (χ3v) is 3.36. The molecule has 0 aliphatic carbocycles. The fourth-order valence-corrected chi connectivity index (χ4v) is 2.03. The van der Waals surface area contributed by atoms with E-state index in [-0.39, 0.29) is 18.6 Å². The summed E-state index contributed by atoms with van der Waals surface area (Å²) in [5.41, 5.74) is 0.730. The van der Waals surface area contributed by atoms with Crippen LogP contribution in [0.15, 0.2) is 35.5 Å². The highest BCUT2D eigenvalue weighted by Gasteiger charge is 2.08. The van der Waals surface area contributed by atoms with Crippen molar-refractivity contribution in [2.45, 2.75) is 5.16 Å². The number of amides is 2. The molecular weight excluding hydrogens is 328 g/mol. The smallest absolute Gasteiger partial charge is 0.322 e. The zero-order valence-electron chi connectivity index (χ0n) is 13.8. The van der Waals surface area contributed by atoms with Crippen molar-refractivity contribution in [3.05, 3.63) is 30.3 Å². The lowest BCUT2D eigenvalue weighted by Gasteiger charge is -2.12. The minimum absolute atomic E-state index is 0.239. The molecule has 1 aromatic carbocycles. The second-order valence-corrected chi connectivity index (χ2v) is 5.67. The summed E-state index contributed by atoms with van der Waals surface area (Å²) in [6, 6.07) is 9.16. The molecule has 0 radical (unpaired) electrons. The van der Waals surface area contributed by atoms with Crippen LogP contribution >= 0.6 is 11.8 Å². The first-order chi connectivity index (χ1) is 11.6. The van der Waals surface area contributed by atoms with Gasteiger partial charge < -0.3 is 20.3 Å². The van der Waals surface area contributed by atoms with E-state index < -0.39 is 0 Å². The van der Waals surface area contributed by atoms with E-state index in [1.54, 1.807) is 4.90 Å². The summed E-state index contributed by atoms with van der Waals surface area (Å²) in [6.45, 7) is 0.586. The second-order valence-electron chi connectivity index (χ2n) is 4.89. The number of carbonyl (C=O) groups is 1. The first kappa shape index (κ1) is 17.8. The molecule has 0 saturated heterocycles. The summed E-state index contributed by atoms with van der Waals surface area (Å²) in [5, 5.41) is 6.01. The maximum absolute atomic E-state index is 11.7. The molecular formula is C15H20N6O2S. The van der Waals surface area contributed by atoms with Gasteiger partial charge in [0.05, 0.1) is 6.54 Å². The maximum atomic E-state index is 11.7.